The maximum Gasteiger partial charge on any atom is 0.123 e. The van der Waals surface area contributed by atoms with Gasteiger partial charge >= 0.3 is 0 Å². The first-order valence-electron chi connectivity index (χ1n) is 5.67. The SMILES string of the molecule is CC(C)n1nccc1C(O)c1cc(F)ccc1Br. The summed E-state index contributed by atoms with van der Waals surface area (Å²) < 4.78 is 15.7. The van der Waals surface area contributed by atoms with Gasteiger partial charge in [0.15, 0.2) is 0 Å². The summed E-state index contributed by atoms with van der Waals surface area (Å²) in [4.78, 5) is 0. The third-order valence-electron chi connectivity index (χ3n) is 2.72. The van der Waals surface area contributed by atoms with Crippen molar-refractivity contribution < 1.29 is 9.50 Å². The Morgan fingerprint density at radius 2 is 2.06 bits per heavy atom. The van der Waals surface area contributed by atoms with Crippen molar-refractivity contribution in [2.75, 3.05) is 0 Å². The molecule has 0 aliphatic heterocycles. The lowest BCUT2D eigenvalue weighted by atomic mass is 10.1. The Morgan fingerprint density at radius 1 is 1.33 bits per heavy atom. The topological polar surface area (TPSA) is 38.0 Å². The molecule has 3 nitrogen and oxygen atoms in total. The van der Waals surface area contributed by atoms with Gasteiger partial charge in [0.2, 0.25) is 0 Å². The summed E-state index contributed by atoms with van der Waals surface area (Å²) in [6, 6.07) is 6.13. The molecule has 2 aromatic rings. The van der Waals surface area contributed by atoms with E-state index < -0.39 is 6.10 Å². The quantitative estimate of drug-likeness (QED) is 0.942. The predicted octanol–water partition coefficient (Wildman–Crippen LogP) is 3.45. The molecule has 0 radical (unpaired) electrons. The summed E-state index contributed by atoms with van der Waals surface area (Å²) in [5.41, 5.74) is 1.15. The minimum Gasteiger partial charge on any atom is -0.382 e. The molecule has 96 valence electrons. The summed E-state index contributed by atoms with van der Waals surface area (Å²) in [6.07, 6.45) is 0.728. The van der Waals surface area contributed by atoms with Crippen LogP contribution in [0.1, 0.15) is 37.3 Å². The van der Waals surface area contributed by atoms with Crippen LogP contribution in [0.4, 0.5) is 4.39 Å². The predicted molar refractivity (Wildman–Crippen MR) is 70.8 cm³/mol. The highest BCUT2D eigenvalue weighted by Gasteiger charge is 2.19. The molecule has 1 aromatic heterocycles. The number of nitrogens with zero attached hydrogens (tertiary/aromatic N) is 2. The van der Waals surface area contributed by atoms with E-state index in [1.54, 1.807) is 23.0 Å². The van der Waals surface area contributed by atoms with Crippen molar-refractivity contribution in [3.63, 3.8) is 0 Å². The third-order valence-corrected chi connectivity index (χ3v) is 3.45. The highest BCUT2D eigenvalue weighted by Crippen LogP contribution is 2.30. The van der Waals surface area contributed by atoms with Gasteiger partial charge in [0, 0.05) is 22.3 Å². The number of aliphatic hydroxyl groups is 1. The molecule has 0 fully saturated rings. The van der Waals surface area contributed by atoms with Gasteiger partial charge in [-0.15, -0.1) is 0 Å². The number of benzene rings is 1. The molecular formula is C13H14BrFN2O. The zero-order valence-electron chi connectivity index (χ0n) is 10.1. The van der Waals surface area contributed by atoms with E-state index in [1.165, 1.54) is 12.1 Å². The van der Waals surface area contributed by atoms with Gasteiger partial charge in [-0.1, -0.05) is 15.9 Å². The standard InChI is InChI=1S/C13H14BrFN2O/c1-8(2)17-12(5-6-16-17)13(18)10-7-9(15)3-4-11(10)14/h3-8,13,18H,1-2H3. The zero-order chi connectivity index (χ0) is 13.3. The Kier molecular flexibility index (Phi) is 3.82. The lowest BCUT2D eigenvalue weighted by Gasteiger charge is -2.17. The number of hydrogen-bond donors (Lipinski definition) is 1. The highest BCUT2D eigenvalue weighted by atomic mass is 79.9. The molecule has 0 amide bonds. The number of aliphatic hydroxyl groups excluding tert-OH is 1. The van der Waals surface area contributed by atoms with Crippen LogP contribution < -0.4 is 0 Å². The van der Waals surface area contributed by atoms with Gasteiger partial charge in [-0.25, -0.2) is 4.39 Å². The second-order valence-corrected chi connectivity index (χ2v) is 5.22. The van der Waals surface area contributed by atoms with Crippen molar-refractivity contribution >= 4 is 15.9 Å². The molecule has 0 saturated carbocycles. The van der Waals surface area contributed by atoms with Crippen molar-refractivity contribution in [2.45, 2.75) is 26.0 Å². The van der Waals surface area contributed by atoms with Crippen LogP contribution >= 0.6 is 15.9 Å². The van der Waals surface area contributed by atoms with Crippen LogP contribution in [-0.4, -0.2) is 14.9 Å². The second kappa shape index (κ2) is 5.20. The first-order valence-corrected chi connectivity index (χ1v) is 6.46. The average molecular weight is 313 g/mol. The number of rotatable bonds is 3. The summed E-state index contributed by atoms with van der Waals surface area (Å²) in [5.74, 6) is -0.372. The molecule has 0 saturated heterocycles. The minimum atomic E-state index is -0.903. The smallest absolute Gasteiger partial charge is 0.123 e. The fraction of sp³-hybridized carbons (Fsp3) is 0.308. The lowest BCUT2D eigenvalue weighted by Crippen LogP contribution is -2.12. The van der Waals surface area contributed by atoms with Crippen LogP contribution in [0.5, 0.6) is 0 Å². The van der Waals surface area contributed by atoms with Crippen LogP contribution in [0.15, 0.2) is 34.9 Å². The monoisotopic (exact) mass is 312 g/mol. The van der Waals surface area contributed by atoms with Crippen LogP contribution in [0.2, 0.25) is 0 Å². The van der Waals surface area contributed by atoms with Gasteiger partial charge in [-0.2, -0.15) is 5.10 Å². The van der Waals surface area contributed by atoms with Gasteiger partial charge in [0.1, 0.15) is 11.9 Å². The Morgan fingerprint density at radius 3 is 2.72 bits per heavy atom. The van der Waals surface area contributed by atoms with E-state index >= 15 is 0 Å². The van der Waals surface area contributed by atoms with Crippen molar-refractivity contribution in [2.24, 2.45) is 0 Å². The number of aromatic nitrogens is 2. The maximum absolute atomic E-state index is 13.3. The molecule has 1 atom stereocenters. The Bertz CT molecular complexity index is 554. The van der Waals surface area contributed by atoms with Gasteiger partial charge < -0.3 is 5.11 Å². The molecule has 0 bridgehead atoms. The fourth-order valence-electron chi connectivity index (χ4n) is 1.86. The van der Waals surface area contributed by atoms with E-state index in [0.29, 0.717) is 15.7 Å². The Hall–Kier alpha value is -1.20. The van der Waals surface area contributed by atoms with Crippen molar-refractivity contribution in [1.29, 1.82) is 0 Å². The number of hydrogen-bond acceptors (Lipinski definition) is 2. The molecule has 5 heteroatoms. The molecule has 0 spiro atoms. The summed E-state index contributed by atoms with van der Waals surface area (Å²) in [7, 11) is 0. The van der Waals surface area contributed by atoms with Crippen molar-refractivity contribution in [3.8, 4) is 0 Å². The first kappa shape index (κ1) is 13.2. The Labute approximate surface area is 113 Å². The van der Waals surface area contributed by atoms with Crippen LogP contribution in [-0.2, 0) is 0 Å². The van der Waals surface area contributed by atoms with Crippen LogP contribution in [0, 0.1) is 5.82 Å². The van der Waals surface area contributed by atoms with E-state index in [-0.39, 0.29) is 11.9 Å². The maximum atomic E-state index is 13.3. The van der Waals surface area contributed by atoms with E-state index in [0.717, 1.165) is 0 Å². The van der Waals surface area contributed by atoms with Gasteiger partial charge in [0.05, 0.1) is 5.69 Å². The number of halogens is 2. The highest BCUT2D eigenvalue weighted by molar-refractivity contribution is 9.10. The summed E-state index contributed by atoms with van der Waals surface area (Å²) >= 11 is 3.32. The molecule has 2 rings (SSSR count). The Balaban J connectivity index is 2.44. The van der Waals surface area contributed by atoms with E-state index in [1.807, 2.05) is 13.8 Å². The summed E-state index contributed by atoms with van der Waals surface area (Å²) in [6.45, 7) is 3.95. The van der Waals surface area contributed by atoms with E-state index in [4.69, 9.17) is 0 Å². The second-order valence-electron chi connectivity index (χ2n) is 4.36. The minimum absolute atomic E-state index is 0.136. The third kappa shape index (κ3) is 2.47. The molecular weight excluding hydrogens is 299 g/mol. The zero-order valence-corrected chi connectivity index (χ0v) is 11.7. The van der Waals surface area contributed by atoms with Crippen molar-refractivity contribution in [3.05, 3.63) is 52.0 Å². The molecule has 1 N–H and O–H groups in total. The van der Waals surface area contributed by atoms with Gasteiger partial charge in [-0.05, 0) is 38.1 Å². The van der Waals surface area contributed by atoms with Crippen LogP contribution in [0.3, 0.4) is 0 Å². The summed E-state index contributed by atoms with van der Waals surface area (Å²) in [5, 5.41) is 14.5. The lowest BCUT2D eigenvalue weighted by molar-refractivity contribution is 0.204. The molecule has 1 aromatic carbocycles. The van der Waals surface area contributed by atoms with E-state index in [9.17, 15) is 9.50 Å². The molecule has 0 aliphatic rings. The van der Waals surface area contributed by atoms with Gasteiger partial charge in [0.25, 0.3) is 0 Å². The fourth-order valence-corrected chi connectivity index (χ4v) is 2.32. The molecule has 0 aliphatic carbocycles. The molecule has 1 unspecified atom stereocenters. The largest absolute Gasteiger partial charge is 0.382 e. The van der Waals surface area contributed by atoms with Crippen LogP contribution in [0.25, 0.3) is 0 Å². The normalized spacial score (nSPS) is 13.0. The average Bonchev–Trinajstić information content (AvgIpc) is 2.80. The van der Waals surface area contributed by atoms with E-state index in [2.05, 4.69) is 21.0 Å². The molecule has 18 heavy (non-hydrogen) atoms. The van der Waals surface area contributed by atoms with Gasteiger partial charge in [-0.3, -0.25) is 4.68 Å². The molecule has 1 heterocycles. The first-order chi connectivity index (χ1) is 8.50. The van der Waals surface area contributed by atoms with Crippen molar-refractivity contribution in [1.82, 2.24) is 9.78 Å².